The van der Waals surface area contributed by atoms with Crippen molar-refractivity contribution in [3.05, 3.63) is 96.1 Å². The molecular formula is C27H25FN4O2S. The van der Waals surface area contributed by atoms with Crippen molar-refractivity contribution in [2.75, 3.05) is 12.3 Å². The molecule has 1 amide bonds. The lowest BCUT2D eigenvalue weighted by Crippen LogP contribution is -2.21. The zero-order chi connectivity index (χ0) is 24.6. The van der Waals surface area contributed by atoms with Crippen molar-refractivity contribution < 1.29 is 14.0 Å². The van der Waals surface area contributed by atoms with Gasteiger partial charge in [-0.15, -0.1) is 10.2 Å². The molecule has 0 saturated heterocycles. The summed E-state index contributed by atoms with van der Waals surface area (Å²) in [5.74, 6) is 0.434. The average Bonchev–Trinajstić information content (AvgIpc) is 3.29. The fourth-order valence-electron chi connectivity index (χ4n) is 3.61. The molecule has 1 N–H and O–H groups in total. The van der Waals surface area contributed by atoms with Gasteiger partial charge in [-0.25, -0.2) is 4.39 Å². The van der Waals surface area contributed by atoms with Gasteiger partial charge in [-0.3, -0.25) is 14.2 Å². The van der Waals surface area contributed by atoms with E-state index < -0.39 is 0 Å². The van der Waals surface area contributed by atoms with E-state index in [4.69, 9.17) is 0 Å². The molecule has 0 aliphatic rings. The first kappa shape index (κ1) is 24.3. The summed E-state index contributed by atoms with van der Waals surface area (Å²) < 4.78 is 15.3. The number of benzene rings is 3. The molecule has 0 spiro atoms. The number of hydrogen-bond donors (Lipinski definition) is 1. The molecule has 0 unspecified atom stereocenters. The summed E-state index contributed by atoms with van der Waals surface area (Å²) in [7, 11) is 0. The van der Waals surface area contributed by atoms with Gasteiger partial charge in [-0.1, -0.05) is 66.4 Å². The van der Waals surface area contributed by atoms with E-state index in [1.807, 2.05) is 59.2 Å². The lowest BCUT2D eigenvalue weighted by Gasteiger charge is -2.10. The first-order chi connectivity index (χ1) is 17.0. The number of thioether (sulfide) groups is 1. The number of aryl methyl sites for hydroxylation is 1. The molecule has 0 aliphatic carbocycles. The summed E-state index contributed by atoms with van der Waals surface area (Å²) in [5.41, 5.74) is 3.49. The predicted molar refractivity (Wildman–Crippen MR) is 135 cm³/mol. The van der Waals surface area contributed by atoms with Crippen LogP contribution in [-0.4, -0.2) is 38.8 Å². The van der Waals surface area contributed by atoms with Gasteiger partial charge in [0.05, 0.1) is 5.75 Å². The second-order valence-corrected chi connectivity index (χ2v) is 8.89. The molecule has 1 aromatic heterocycles. The van der Waals surface area contributed by atoms with Gasteiger partial charge >= 0.3 is 0 Å². The van der Waals surface area contributed by atoms with Crippen molar-refractivity contribution in [3.8, 4) is 16.8 Å². The monoisotopic (exact) mass is 488 g/mol. The first-order valence-electron chi connectivity index (χ1n) is 11.3. The fourth-order valence-corrected chi connectivity index (χ4v) is 4.47. The summed E-state index contributed by atoms with van der Waals surface area (Å²) in [6.07, 6.45) is 1.25. The first-order valence-corrected chi connectivity index (χ1v) is 12.3. The van der Waals surface area contributed by atoms with Crippen LogP contribution in [0.25, 0.3) is 16.8 Å². The van der Waals surface area contributed by atoms with Crippen LogP contribution in [0.5, 0.6) is 0 Å². The average molecular weight is 489 g/mol. The fraction of sp³-hybridized carbons (Fsp3) is 0.185. The standard InChI is InChI=1S/C27H25FN4O2S/c1-19(33)29-17-5-8-26-30-31-27(32(26)24-15-13-23(28)14-16-24)35-18-25(34)22-11-9-21(10-12-22)20-6-3-2-4-7-20/h2-4,6-7,9-16H,5,8,17-18H2,1H3,(H,29,33). The number of halogens is 1. The predicted octanol–water partition coefficient (Wildman–Crippen LogP) is 5.12. The molecule has 35 heavy (non-hydrogen) atoms. The summed E-state index contributed by atoms with van der Waals surface area (Å²) in [6.45, 7) is 1.99. The Kier molecular flexibility index (Phi) is 8.05. The highest BCUT2D eigenvalue weighted by atomic mass is 32.2. The Hall–Kier alpha value is -3.78. The molecule has 0 aliphatic heterocycles. The second-order valence-electron chi connectivity index (χ2n) is 7.95. The molecule has 8 heteroatoms. The third kappa shape index (κ3) is 6.42. The van der Waals surface area contributed by atoms with Crippen LogP contribution in [0.3, 0.4) is 0 Å². The van der Waals surface area contributed by atoms with E-state index in [9.17, 15) is 14.0 Å². The highest BCUT2D eigenvalue weighted by Crippen LogP contribution is 2.25. The highest BCUT2D eigenvalue weighted by Gasteiger charge is 2.17. The molecule has 6 nitrogen and oxygen atoms in total. The molecule has 0 atom stereocenters. The molecule has 1 heterocycles. The van der Waals surface area contributed by atoms with Crippen LogP contribution < -0.4 is 5.32 Å². The van der Waals surface area contributed by atoms with Gasteiger partial charge < -0.3 is 5.32 Å². The van der Waals surface area contributed by atoms with Gasteiger partial charge in [0, 0.05) is 31.1 Å². The Morgan fingerprint density at radius 1 is 0.914 bits per heavy atom. The number of carbonyl (C=O) groups is 2. The van der Waals surface area contributed by atoms with Crippen LogP contribution in [0.1, 0.15) is 29.5 Å². The van der Waals surface area contributed by atoms with Gasteiger partial charge in [0.2, 0.25) is 5.91 Å². The number of amides is 1. The van der Waals surface area contributed by atoms with Crippen molar-refractivity contribution >= 4 is 23.5 Å². The van der Waals surface area contributed by atoms with Crippen LogP contribution in [0.4, 0.5) is 4.39 Å². The summed E-state index contributed by atoms with van der Waals surface area (Å²) >= 11 is 1.29. The van der Waals surface area contributed by atoms with E-state index in [0.717, 1.165) is 11.1 Å². The SMILES string of the molecule is CC(=O)NCCCc1nnc(SCC(=O)c2ccc(-c3ccccc3)cc2)n1-c1ccc(F)cc1. The summed E-state index contributed by atoms with van der Waals surface area (Å²) in [4.78, 5) is 24.0. The molecule has 4 aromatic rings. The minimum Gasteiger partial charge on any atom is -0.356 e. The number of nitrogens with zero attached hydrogens (tertiary/aromatic N) is 3. The number of carbonyl (C=O) groups excluding carboxylic acids is 2. The topological polar surface area (TPSA) is 76.9 Å². The van der Waals surface area contributed by atoms with Crippen molar-refractivity contribution in [2.24, 2.45) is 0 Å². The van der Waals surface area contributed by atoms with Crippen molar-refractivity contribution in [2.45, 2.75) is 24.9 Å². The number of nitrogens with one attached hydrogen (secondary N) is 1. The van der Waals surface area contributed by atoms with Crippen LogP contribution in [0.2, 0.25) is 0 Å². The van der Waals surface area contributed by atoms with Crippen molar-refractivity contribution in [1.82, 2.24) is 20.1 Å². The summed E-state index contributed by atoms with van der Waals surface area (Å²) in [6, 6.07) is 23.6. The lowest BCUT2D eigenvalue weighted by atomic mass is 10.0. The normalized spacial score (nSPS) is 10.8. The number of rotatable bonds is 10. The Morgan fingerprint density at radius 3 is 2.29 bits per heavy atom. The molecule has 0 fully saturated rings. The smallest absolute Gasteiger partial charge is 0.216 e. The zero-order valence-electron chi connectivity index (χ0n) is 19.3. The van der Waals surface area contributed by atoms with E-state index in [2.05, 4.69) is 15.5 Å². The van der Waals surface area contributed by atoms with Gasteiger partial charge in [0.15, 0.2) is 10.9 Å². The molecule has 0 bridgehead atoms. The number of hydrogen-bond acceptors (Lipinski definition) is 5. The van der Waals surface area contributed by atoms with E-state index in [1.165, 1.54) is 30.8 Å². The maximum Gasteiger partial charge on any atom is 0.216 e. The van der Waals surface area contributed by atoms with Crippen LogP contribution in [0, 0.1) is 5.82 Å². The van der Waals surface area contributed by atoms with Gasteiger partial charge in [0.1, 0.15) is 11.6 Å². The van der Waals surface area contributed by atoms with Crippen molar-refractivity contribution in [3.63, 3.8) is 0 Å². The minimum absolute atomic E-state index is 0.0181. The Morgan fingerprint density at radius 2 is 1.60 bits per heavy atom. The molecule has 4 rings (SSSR count). The van der Waals surface area contributed by atoms with Gasteiger partial charge in [-0.05, 0) is 41.8 Å². The number of ketones is 1. The molecule has 0 radical (unpaired) electrons. The van der Waals surface area contributed by atoms with E-state index in [-0.39, 0.29) is 23.3 Å². The largest absolute Gasteiger partial charge is 0.356 e. The van der Waals surface area contributed by atoms with E-state index in [1.54, 1.807) is 12.1 Å². The number of Topliss-reactive ketones (excluding diaryl/α,β-unsaturated/α-hetero) is 1. The Labute approximate surface area is 207 Å². The molecule has 0 saturated carbocycles. The van der Waals surface area contributed by atoms with E-state index in [0.29, 0.717) is 41.6 Å². The third-order valence-corrected chi connectivity index (χ3v) is 6.31. The highest BCUT2D eigenvalue weighted by molar-refractivity contribution is 7.99. The maximum absolute atomic E-state index is 13.5. The van der Waals surface area contributed by atoms with Gasteiger partial charge in [-0.2, -0.15) is 0 Å². The Balaban J connectivity index is 1.47. The second kappa shape index (κ2) is 11.6. The molecular weight excluding hydrogens is 463 g/mol. The summed E-state index contributed by atoms with van der Waals surface area (Å²) in [5, 5.41) is 11.9. The quantitative estimate of drug-likeness (QED) is 0.191. The minimum atomic E-state index is -0.336. The van der Waals surface area contributed by atoms with Crippen LogP contribution in [0.15, 0.2) is 84.0 Å². The van der Waals surface area contributed by atoms with Gasteiger partial charge in [0.25, 0.3) is 0 Å². The number of aromatic nitrogens is 3. The lowest BCUT2D eigenvalue weighted by molar-refractivity contribution is -0.118. The van der Waals surface area contributed by atoms with E-state index >= 15 is 0 Å². The zero-order valence-corrected chi connectivity index (χ0v) is 20.1. The molecule has 178 valence electrons. The van der Waals surface area contributed by atoms with Crippen molar-refractivity contribution in [1.29, 1.82) is 0 Å². The third-order valence-electron chi connectivity index (χ3n) is 5.38. The molecule has 3 aromatic carbocycles. The Bertz CT molecular complexity index is 1290. The van der Waals surface area contributed by atoms with Crippen LogP contribution >= 0.6 is 11.8 Å². The van der Waals surface area contributed by atoms with Crippen LogP contribution in [-0.2, 0) is 11.2 Å². The maximum atomic E-state index is 13.5.